The smallest absolute Gasteiger partial charge is 0.441 e. The number of Topliss-reactive ketones (excluding diaryl/α,β-unsaturated/α-hetero) is 2. The van der Waals surface area contributed by atoms with Gasteiger partial charge in [-0.05, 0) is 32.1 Å². The van der Waals surface area contributed by atoms with Crippen LogP contribution in [0.4, 0.5) is 0 Å². The lowest BCUT2D eigenvalue weighted by Crippen LogP contribution is -2.28. The summed E-state index contributed by atoms with van der Waals surface area (Å²) >= 11 is 0. The molecule has 0 saturated heterocycles. The molecular formula is C13H18N2O4. The third-order valence-corrected chi connectivity index (χ3v) is 3.20. The van der Waals surface area contributed by atoms with Gasteiger partial charge < -0.3 is 10.3 Å². The summed E-state index contributed by atoms with van der Waals surface area (Å²) in [6.07, 6.45) is 3.52. The summed E-state index contributed by atoms with van der Waals surface area (Å²) < 4.78 is 4.62. The first kappa shape index (κ1) is 15.2. The Morgan fingerprint density at radius 2 is 2.21 bits per heavy atom. The van der Waals surface area contributed by atoms with Crippen molar-refractivity contribution in [3.05, 3.63) is 5.53 Å². The number of rotatable bonds is 6. The summed E-state index contributed by atoms with van der Waals surface area (Å²) in [6.45, 7) is 1.72. The van der Waals surface area contributed by atoms with E-state index in [1.807, 2.05) is 0 Å². The maximum atomic E-state index is 11.7. The first-order valence-electron chi connectivity index (χ1n) is 6.52. The van der Waals surface area contributed by atoms with Crippen LogP contribution in [0.5, 0.6) is 0 Å². The topological polar surface area (TPSA) is 96.8 Å². The minimum atomic E-state index is -0.908. The summed E-state index contributed by atoms with van der Waals surface area (Å²) in [5.41, 5.74) is 8.12. The van der Waals surface area contributed by atoms with Crippen LogP contribution >= 0.6 is 0 Å². The zero-order valence-corrected chi connectivity index (χ0v) is 11.1. The van der Waals surface area contributed by atoms with E-state index in [1.165, 1.54) is 0 Å². The average Bonchev–Trinajstić information content (AvgIpc) is 2.37. The van der Waals surface area contributed by atoms with E-state index in [1.54, 1.807) is 6.92 Å². The zero-order valence-electron chi connectivity index (χ0n) is 11.1. The number of ketones is 2. The van der Waals surface area contributed by atoms with Crippen LogP contribution in [0.25, 0.3) is 5.53 Å². The van der Waals surface area contributed by atoms with Crippen LogP contribution in [0, 0.1) is 5.92 Å². The molecule has 1 saturated carbocycles. The minimum absolute atomic E-state index is 0.0934. The van der Waals surface area contributed by atoms with E-state index in [4.69, 9.17) is 5.53 Å². The Balaban J connectivity index is 2.47. The van der Waals surface area contributed by atoms with Gasteiger partial charge in [-0.25, -0.2) is 4.79 Å². The highest BCUT2D eigenvalue weighted by Gasteiger charge is 2.31. The molecule has 0 bridgehead atoms. The second-order valence-corrected chi connectivity index (χ2v) is 4.63. The number of hydrogen-bond donors (Lipinski definition) is 0. The quantitative estimate of drug-likeness (QED) is 0.238. The predicted molar refractivity (Wildman–Crippen MR) is 66.5 cm³/mol. The number of carbonyl (C=O) groups excluding carboxylic acids is 3. The number of esters is 1. The lowest BCUT2D eigenvalue weighted by molar-refractivity contribution is -0.142. The van der Waals surface area contributed by atoms with Gasteiger partial charge in [-0.2, -0.15) is 4.79 Å². The molecule has 19 heavy (non-hydrogen) atoms. The van der Waals surface area contributed by atoms with Crippen molar-refractivity contribution in [2.24, 2.45) is 5.92 Å². The van der Waals surface area contributed by atoms with Gasteiger partial charge >= 0.3 is 11.7 Å². The lowest BCUT2D eigenvalue weighted by Gasteiger charge is -2.19. The SMILES string of the molecule is CCOC(=O)C(=[N+]=[N-])C(=O)CCC1CCCC(=O)C1. The Kier molecular flexibility index (Phi) is 6.09. The van der Waals surface area contributed by atoms with E-state index in [2.05, 4.69) is 9.53 Å². The van der Waals surface area contributed by atoms with Crippen molar-refractivity contribution in [1.82, 2.24) is 0 Å². The highest BCUT2D eigenvalue weighted by molar-refractivity contribution is 6.62. The normalized spacial score (nSPS) is 18.6. The number of carbonyl (C=O) groups is 3. The zero-order chi connectivity index (χ0) is 14.3. The van der Waals surface area contributed by atoms with Crippen LogP contribution < -0.4 is 0 Å². The van der Waals surface area contributed by atoms with Crippen LogP contribution in [-0.4, -0.2) is 34.6 Å². The first-order valence-corrected chi connectivity index (χ1v) is 6.52. The molecule has 0 radical (unpaired) electrons. The van der Waals surface area contributed by atoms with E-state index < -0.39 is 17.5 Å². The number of ether oxygens (including phenoxy) is 1. The standard InChI is InChI=1S/C13H18N2O4/c1-2-19-13(18)12(15-14)11(17)7-6-9-4-3-5-10(16)8-9/h9H,2-8H2,1H3. The molecule has 6 heteroatoms. The van der Waals surface area contributed by atoms with Gasteiger partial charge in [-0.3, -0.25) is 9.59 Å². The molecule has 1 atom stereocenters. The van der Waals surface area contributed by atoms with Crippen LogP contribution in [0.1, 0.15) is 45.4 Å². The van der Waals surface area contributed by atoms with Crippen molar-refractivity contribution in [1.29, 1.82) is 0 Å². The number of hydrogen-bond acceptors (Lipinski definition) is 4. The molecule has 1 fully saturated rings. The summed E-state index contributed by atoms with van der Waals surface area (Å²) in [5, 5.41) is 0. The van der Waals surface area contributed by atoms with Gasteiger partial charge in [0.15, 0.2) is 0 Å². The molecule has 104 valence electrons. The monoisotopic (exact) mass is 266 g/mol. The Bertz CT molecular complexity index is 424. The molecular weight excluding hydrogens is 248 g/mol. The van der Waals surface area contributed by atoms with Crippen LogP contribution in [0.15, 0.2) is 0 Å². The van der Waals surface area contributed by atoms with Gasteiger partial charge in [0.1, 0.15) is 5.78 Å². The highest BCUT2D eigenvalue weighted by atomic mass is 16.5. The molecule has 0 heterocycles. The predicted octanol–water partition coefficient (Wildman–Crippen LogP) is 1.33. The molecule has 0 aromatic carbocycles. The molecule has 1 aliphatic carbocycles. The molecule has 1 aliphatic rings. The van der Waals surface area contributed by atoms with Crippen LogP contribution in [-0.2, 0) is 19.1 Å². The Labute approximate surface area is 111 Å². The van der Waals surface area contributed by atoms with Crippen molar-refractivity contribution in [3.8, 4) is 0 Å². The van der Waals surface area contributed by atoms with Crippen molar-refractivity contribution in [2.75, 3.05) is 6.61 Å². The Hall–Kier alpha value is -1.81. The van der Waals surface area contributed by atoms with Crippen LogP contribution in [0.3, 0.4) is 0 Å². The second kappa shape index (κ2) is 7.59. The molecule has 1 unspecified atom stereocenters. The van der Waals surface area contributed by atoms with E-state index in [0.717, 1.165) is 12.8 Å². The van der Waals surface area contributed by atoms with Gasteiger partial charge in [0.2, 0.25) is 0 Å². The minimum Gasteiger partial charge on any atom is -0.457 e. The highest BCUT2D eigenvalue weighted by Crippen LogP contribution is 2.25. The summed E-state index contributed by atoms with van der Waals surface area (Å²) in [6, 6.07) is 0. The molecule has 0 spiro atoms. The maximum Gasteiger partial charge on any atom is 0.441 e. The van der Waals surface area contributed by atoms with Crippen LogP contribution in [0.2, 0.25) is 0 Å². The second-order valence-electron chi connectivity index (χ2n) is 4.63. The van der Waals surface area contributed by atoms with Crippen molar-refractivity contribution < 1.29 is 23.9 Å². The fourth-order valence-electron chi connectivity index (χ4n) is 2.22. The lowest BCUT2D eigenvalue weighted by atomic mass is 9.84. The van der Waals surface area contributed by atoms with E-state index in [9.17, 15) is 14.4 Å². The third kappa shape index (κ3) is 4.75. The van der Waals surface area contributed by atoms with Crippen molar-refractivity contribution in [3.63, 3.8) is 0 Å². The maximum absolute atomic E-state index is 11.7. The van der Waals surface area contributed by atoms with Gasteiger partial charge in [-0.1, -0.05) is 0 Å². The molecule has 0 aromatic rings. The van der Waals surface area contributed by atoms with E-state index >= 15 is 0 Å². The fourth-order valence-corrected chi connectivity index (χ4v) is 2.22. The van der Waals surface area contributed by atoms with Gasteiger partial charge in [-0.15, -0.1) is 0 Å². The third-order valence-electron chi connectivity index (χ3n) is 3.20. The van der Waals surface area contributed by atoms with Gasteiger partial charge in [0, 0.05) is 19.3 Å². The summed E-state index contributed by atoms with van der Waals surface area (Å²) in [5.74, 6) is -1.04. The molecule has 1 rings (SSSR count). The molecule has 0 aromatic heterocycles. The largest absolute Gasteiger partial charge is 0.457 e. The van der Waals surface area contributed by atoms with Gasteiger partial charge in [0.25, 0.3) is 5.78 Å². The average molecular weight is 266 g/mol. The molecule has 0 aliphatic heterocycles. The summed E-state index contributed by atoms with van der Waals surface area (Å²) in [7, 11) is 0. The van der Waals surface area contributed by atoms with Gasteiger partial charge in [0.05, 0.1) is 6.61 Å². The first-order chi connectivity index (χ1) is 9.08. The van der Waals surface area contributed by atoms with E-state index in [0.29, 0.717) is 19.3 Å². The van der Waals surface area contributed by atoms with E-state index in [-0.39, 0.29) is 24.7 Å². The number of nitrogens with zero attached hydrogens (tertiary/aromatic N) is 2. The molecule has 0 N–H and O–H groups in total. The summed E-state index contributed by atoms with van der Waals surface area (Å²) in [4.78, 5) is 37.1. The molecule has 6 nitrogen and oxygen atoms in total. The molecule has 0 amide bonds. The van der Waals surface area contributed by atoms with Crippen molar-refractivity contribution >= 4 is 23.2 Å². The Morgan fingerprint density at radius 1 is 1.47 bits per heavy atom. The fraction of sp³-hybridized carbons (Fsp3) is 0.692. The van der Waals surface area contributed by atoms with Crippen molar-refractivity contribution in [2.45, 2.75) is 45.4 Å². The Morgan fingerprint density at radius 3 is 2.79 bits per heavy atom.